The van der Waals surface area contributed by atoms with E-state index in [-0.39, 0.29) is 5.78 Å². The van der Waals surface area contributed by atoms with E-state index in [4.69, 9.17) is 0 Å². The zero-order valence-electron chi connectivity index (χ0n) is 19.7. The number of ketones is 1. The van der Waals surface area contributed by atoms with Crippen LogP contribution in [0.25, 0.3) is 0 Å². The molecule has 0 saturated heterocycles. The summed E-state index contributed by atoms with van der Waals surface area (Å²) in [5.41, 5.74) is 1.37. The van der Waals surface area contributed by atoms with E-state index in [0.717, 1.165) is 11.1 Å². The van der Waals surface area contributed by atoms with Crippen LogP contribution in [0.2, 0.25) is 0 Å². The second-order valence-corrected chi connectivity index (χ2v) is 10.2. The standard InChI is InChI=1S/C27H38O3/c1-17(2)19-9-13-21(14-10-19)23(26(5,6)29)25(28)24(27(7,8)30)22-15-11-20(12-16-22)18(3)4/h9-18,23-24,29-30H,1-8H3. The minimum absolute atomic E-state index is 0.176. The molecule has 2 aromatic rings. The Morgan fingerprint density at radius 3 is 1.03 bits per heavy atom. The van der Waals surface area contributed by atoms with Crippen LogP contribution in [0.3, 0.4) is 0 Å². The molecule has 0 bridgehead atoms. The second kappa shape index (κ2) is 9.03. The summed E-state index contributed by atoms with van der Waals surface area (Å²) < 4.78 is 0. The Bertz CT molecular complexity index is 760. The van der Waals surface area contributed by atoms with Crippen LogP contribution in [-0.4, -0.2) is 27.2 Å². The van der Waals surface area contributed by atoms with Gasteiger partial charge in [0.05, 0.1) is 23.0 Å². The molecular formula is C27H38O3. The van der Waals surface area contributed by atoms with Gasteiger partial charge in [0.25, 0.3) is 0 Å². The van der Waals surface area contributed by atoms with Crippen molar-refractivity contribution >= 4 is 5.78 Å². The molecule has 2 aromatic carbocycles. The van der Waals surface area contributed by atoms with Crippen molar-refractivity contribution in [2.45, 2.75) is 90.3 Å². The van der Waals surface area contributed by atoms with Gasteiger partial charge < -0.3 is 10.2 Å². The van der Waals surface area contributed by atoms with Crippen molar-refractivity contribution in [2.75, 3.05) is 0 Å². The zero-order chi connectivity index (χ0) is 22.9. The Morgan fingerprint density at radius 2 is 0.833 bits per heavy atom. The normalized spacial score (nSPS) is 14.8. The molecule has 3 nitrogen and oxygen atoms in total. The molecule has 0 aromatic heterocycles. The Kier molecular flexibility index (Phi) is 7.32. The van der Waals surface area contributed by atoms with Gasteiger partial charge in [0.2, 0.25) is 0 Å². The van der Waals surface area contributed by atoms with E-state index in [1.54, 1.807) is 27.7 Å². The van der Waals surface area contributed by atoms with Crippen LogP contribution in [-0.2, 0) is 4.79 Å². The maximum absolute atomic E-state index is 13.9. The van der Waals surface area contributed by atoms with Gasteiger partial charge in [-0.1, -0.05) is 76.2 Å². The Balaban J connectivity index is 2.53. The zero-order valence-corrected chi connectivity index (χ0v) is 19.7. The van der Waals surface area contributed by atoms with E-state index >= 15 is 0 Å². The molecule has 3 heteroatoms. The first kappa shape index (κ1) is 24.3. The summed E-state index contributed by atoms with van der Waals surface area (Å²) in [7, 11) is 0. The molecule has 0 radical (unpaired) electrons. The smallest absolute Gasteiger partial charge is 0.153 e. The number of Topliss-reactive ketones (excluding diaryl/α,β-unsaturated/α-hetero) is 1. The van der Waals surface area contributed by atoms with Gasteiger partial charge in [0.1, 0.15) is 0 Å². The van der Waals surface area contributed by atoms with Gasteiger partial charge in [0.15, 0.2) is 5.78 Å². The van der Waals surface area contributed by atoms with Gasteiger partial charge in [-0.25, -0.2) is 0 Å². The first-order chi connectivity index (χ1) is 13.7. The SMILES string of the molecule is CC(C)c1ccc(C(C(=O)C(c2ccc(C(C)C)cc2)C(C)(C)O)C(C)(C)O)cc1. The third kappa shape index (κ3) is 5.59. The van der Waals surface area contributed by atoms with Crippen LogP contribution in [0, 0.1) is 0 Å². The number of hydrogen-bond acceptors (Lipinski definition) is 3. The van der Waals surface area contributed by atoms with E-state index in [2.05, 4.69) is 27.7 Å². The fraction of sp³-hybridized carbons (Fsp3) is 0.519. The molecule has 0 fully saturated rings. The third-order valence-electron chi connectivity index (χ3n) is 5.85. The summed E-state index contributed by atoms with van der Waals surface area (Å²) in [5, 5.41) is 21.9. The van der Waals surface area contributed by atoms with Crippen LogP contribution >= 0.6 is 0 Å². The molecule has 30 heavy (non-hydrogen) atoms. The van der Waals surface area contributed by atoms with Crippen LogP contribution in [0.4, 0.5) is 0 Å². The molecule has 0 saturated carbocycles. The Hall–Kier alpha value is -1.97. The highest BCUT2D eigenvalue weighted by Crippen LogP contribution is 2.39. The minimum atomic E-state index is -1.27. The lowest BCUT2D eigenvalue weighted by Crippen LogP contribution is -2.43. The molecule has 0 aliphatic rings. The Labute approximate surface area is 182 Å². The fourth-order valence-corrected chi connectivity index (χ4v) is 4.15. The predicted molar refractivity (Wildman–Crippen MR) is 124 cm³/mol. The topological polar surface area (TPSA) is 57.5 Å². The molecule has 2 N–H and O–H groups in total. The van der Waals surface area contributed by atoms with Crippen molar-refractivity contribution in [2.24, 2.45) is 0 Å². The number of carbonyl (C=O) groups excluding carboxylic acids is 1. The van der Waals surface area contributed by atoms with Gasteiger partial charge in [-0.05, 0) is 61.8 Å². The first-order valence-corrected chi connectivity index (χ1v) is 10.9. The van der Waals surface area contributed by atoms with Crippen LogP contribution < -0.4 is 0 Å². The Morgan fingerprint density at radius 1 is 0.600 bits per heavy atom. The summed E-state index contributed by atoms with van der Waals surface area (Å²) in [5.74, 6) is -0.901. The van der Waals surface area contributed by atoms with Crippen molar-refractivity contribution in [3.05, 3.63) is 70.8 Å². The highest BCUT2D eigenvalue weighted by Gasteiger charge is 2.44. The number of aliphatic hydroxyl groups is 2. The van der Waals surface area contributed by atoms with Gasteiger partial charge in [-0.15, -0.1) is 0 Å². The summed E-state index contributed by atoms with van der Waals surface area (Å²) >= 11 is 0. The summed E-state index contributed by atoms with van der Waals surface area (Å²) in [6.07, 6.45) is 0. The first-order valence-electron chi connectivity index (χ1n) is 10.9. The highest BCUT2D eigenvalue weighted by molar-refractivity contribution is 5.94. The average molecular weight is 411 g/mol. The van der Waals surface area contributed by atoms with Crippen molar-refractivity contribution in [3.63, 3.8) is 0 Å². The van der Waals surface area contributed by atoms with E-state index in [1.807, 2.05) is 48.5 Å². The van der Waals surface area contributed by atoms with Crippen LogP contribution in [0.1, 0.15) is 101 Å². The second-order valence-electron chi connectivity index (χ2n) is 10.2. The molecule has 0 aliphatic heterocycles. The summed E-state index contributed by atoms with van der Waals surface area (Å²) in [4.78, 5) is 13.9. The van der Waals surface area contributed by atoms with E-state index in [9.17, 15) is 15.0 Å². The molecule has 164 valence electrons. The van der Waals surface area contributed by atoms with E-state index in [1.165, 1.54) is 11.1 Å². The number of hydrogen-bond donors (Lipinski definition) is 2. The lowest BCUT2D eigenvalue weighted by atomic mass is 9.71. The summed E-state index contributed by atoms with van der Waals surface area (Å²) in [6.45, 7) is 15.1. The maximum atomic E-state index is 13.9. The minimum Gasteiger partial charge on any atom is -0.389 e. The van der Waals surface area contributed by atoms with Crippen molar-refractivity contribution in [3.8, 4) is 0 Å². The van der Waals surface area contributed by atoms with Gasteiger partial charge >= 0.3 is 0 Å². The lowest BCUT2D eigenvalue weighted by molar-refractivity contribution is -0.132. The molecule has 0 heterocycles. The van der Waals surface area contributed by atoms with Gasteiger partial charge in [-0.2, -0.15) is 0 Å². The molecule has 2 unspecified atom stereocenters. The molecule has 0 spiro atoms. The number of rotatable bonds is 8. The third-order valence-corrected chi connectivity index (χ3v) is 5.85. The molecule has 0 amide bonds. The monoisotopic (exact) mass is 410 g/mol. The molecular weight excluding hydrogens is 372 g/mol. The molecule has 0 aliphatic carbocycles. The fourth-order valence-electron chi connectivity index (χ4n) is 4.15. The van der Waals surface area contributed by atoms with Crippen LogP contribution in [0.5, 0.6) is 0 Å². The van der Waals surface area contributed by atoms with Crippen molar-refractivity contribution in [1.82, 2.24) is 0 Å². The maximum Gasteiger partial charge on any atom is 0.153 e. The largest absolute Gasteiger partial charge is 0.389 e. The molecule has 2 rings (SSSR count). The van der Waals surface area contributed by atoms with Crippen molar-refractivity contribution < 1.29 is 15.0 Å². The van der Waals surface area contributed by atoms with Gasteiger partial charge in [-0.3, -0.25) is 4.79 Å². The number of benzene rings is 2. The summed E-state index contributed by atoms with van der Waals surface area (Å²) in [6, 6.07) is 15.8. The number of carbonyl (C=O) groups is 1. The van der Waals surface area contributed by atoms with Gasteiger partial charge in [0, 0.05) is 0 Å². The predicted octanol–water partition coefficient (Wildman–Crippen LogP) is 5.91. The van der Waals surface area contributed by atoms with Crippen LogP contribution in [0.15, 0.2) is 48.5 Å². The van der Waals surface area contributed by atoms with E-state index in [0.29, 0.717) is 11.8 Å². The lowest BCUT2D eigenvalue weighted by Gasteiger charge is -2.36. The average Bonchev–Trinajstić information content (AvgIpc) is 2.60. The van der Waals surface area contributed by atoms with E-state index < -0.39 is 23.0 Å². The molecule has 2 atom stereocenters. The highest BCUT2D eigenvalue weighted by atomic mass is 16.3. The van der Waals surface area contributed by atoms with Crippen molar-refractivity contribution in [1.29, 1.82) is 0 Å². The quantitative estimate of drug-likeness (QED) is 0.568.